The third-order valence-corrected chi connectivity index (χ3v) is 7.29. The van der Waals surface area contributed by atoms with E-state index in [-0.39, 0.29) is 24.5 Å². The van der Waals surface area contributed by atoms with Gasteiger partial charge in [0.15, 0.2) is 11.5 Å². The van der Waals surface area contributed by atoms with Crippen molar-refractivity contribution in [2.75, 3.05) is 16.8 Å². The van der Waals surface area contributed by atoms with Crippen LogP contribution in [0.3, 0.4) is 0 Å². The van der Waals surface area contributed by atoms with E-state index in [9.17, 15) is 14.4 Å². The van der Waals surface area contributed by atoms with Gasteiger partial charge in [0.05, 0.1) is 5.69 Å². The number of nitrogens with zero attached hydrogens (tertiary/aromatic N) is 3. The topological polar surface area (TPSA) is 115 Å². The van der Waals surface area contributed by atoms with Gasteiger partial charge in [-0.1, -0.05) is 31.4 Å². The molecule has 5 rings (SSSR count). The quantitative estimate of drug-likeness (QED) is 0.463. The first-order valence-electron chi connectivity index (χ1n) is 13.7. The fourth-order valence-electron chi connectivity index (χ4n) is 5.42. The van der Waals surface area contributed by atoms with Crippen LogP contribution in [0.4, 0.5) is 11.4 Å². The van der Waals surface area contributed by atoms with Gasteiger partial charge in [0, 0.05) is 43.1 Å². The number of aryl methyl sites for hydroxylation is 2. The van der Waals surface area contributed by atoms with Crippen molar-refractivity contribution in [1.82, 2.24) is 15.1 Å². The van der Waals surface area contributed by atoms with Crippen LogP contribution in [-0.2, 0) is 21.4 Å². The smallest absolute Gasteiger partial charge is 0.272 e. The molecule has 1 aliphatic carbocycles. The first-order valence-corrected chi connectivity index (χ1v) is 13.7. The molecule has 0 saturated heterocycles. The minimum absolute atomic E-state index is 0.000686. The molecule has 1 saturated carbocycles. The summed E-state index contributed by atoms with van der Waals surface area (Å²) in [6.07, 6.45) is 5.87. The van der Waals surface area contributed by atoms with Crippen LogP contribution < -0.4 is 25.0 Å². The summed E-state index contributed by atoms with van der Waals surface area (Å²) in [5.41, 5.74) is 2.32. The molecule has 0 spiro atoms. The molecule has 2 N–H and O–H groups in total. The third-order valence-electron chi connectivity index (χ3n) is 7.29. The Kier molecular flexibility index (Phi) is 8.04. The predicted molar refractivity (Wildman–Crippen MR) is 150 cm³/mol. The molecule has 3 aromatic rings. The normalized spacial score (nSPS) is 17.5. The average Bonchev–Trinajstić information content (AvgIpc) is 3.28. The Balaban J connectivity index is 1.56. The van der Waals surface area contributed by atoms with Crippen LogP contribution in [0.5, 0.6) is 11.5 Å². The van der Waals surface area contributed by atoms with Crippen molar-refractivity contribution in [3.05, 3.63) is 66.0 Å². The van der Waals surface area contributed by atoms with Gasteiger partial charge in [-0.25, -0.2) is 0 Å². The molecule has 1 aliphatic heterocycles. The summed E-state index contributed by atoms with van der Waals surface area (Å²) < 4.78 is 13.6. The largest absolute Gasteiger partial charge is 0.485 e. The number of carbonyl (C=O) groups excluding carboxylic acids is 3. The zero-order valence-corrected chi connectivity index (χ0v) is 23.1. The Morgan fingerprint density at radius 3 is 2.38 bits per heavy atom. The zero-order chi connectivity index (χ0) is 28.2. The molecule has 1 aromatic heterocycles. The molecule has 0 bridgehead atoms. The SMILES string of the molecule is CC(=O)Nc1ccc(N(C(=O)C2COc3ccccc3O2)C(C(=O)NC2CCCCC2)c2cn(C)nc2C)cc1. The molecule has 2 aromatic carbocycles. The maximum atomic E-state index is 14.3. The first kappa shape index (κ1) is 27.2. The van der Waals surface area contributed by atoms with Crippen molar-refractivity contribution in [2.45, 2.75) is 64.1 Å². The van der Waals surface area contributed by atoms with E-state index in [1.807, 2.05) is 19.1 Å². The average molecular weight is 546 g/mol. The highest BCUT2D eigenvalue weighted by atomic mass is 16.6. The maximum absolute atomic E-state index is 14.3. The monoisotopic (exact) mass is 545 g/mol. The van der Waals surface area contributed by atoms with E-state index >= 15 is 0 Å². The van der Waals surface area contributed by atoms with Crippen molar-refractivity contribution < 1.29 is 23.9 Å². The van der Waals surface area contributed by atoms with E-state index in [0.29, 0.717) is 34.1 Å². The molecular formula is C30H35N5O5. The van der Waals surface area contributed by atoms with Crippen molar-refractivity contribution in [1.29, 1.82) is 0 Å². The lowest BCUT2D eigenvalue weighted by Crippen LogP contribution is -2.52. The highest BCUT2D eigenvalue weighted by molar-refractivity contribution is 6.04. The number of anilines is 2. The molecule has 10 nitrogen and oxygen atoms in total. The summed E-state index contributed by atoms with van der Waals surface area (Å²) in [5, 5.41) is 10.4. The zero-order valence-electron chi connectivity index (χ0n) is 23.1. The molecule has 3 amide bonds. The second-order valence-electron chi connectivity index (χ2n) is 10.4. The number of ether oxygens (including phenoxy) is 2. The van der Waals surface area contributed by atoms with Gasteiger partial charge in [0.2, 0.25) is 17.9 Å². The highest BCUT2D eigenvalue weighted by Gasteiger charge is 2.41. The molecule has 10 heteroatoms. The van der Waals surface area contributed by atoms with E-state index in [4.69, 9.17) is 9.47 Å². The molecule has 1 fully saturated rings. The minimum Gasteiger partial charge on any atom is -0.485 e. The van der Waals surface area contributed by atoms with Gasteiger partial charge < -0.3 is 20.1 Å². The first-order chi connectivity index (χ1) is 19.3. The predicted octanol–water partition coefficient (Wildman–Crippen LogP) is 4.05. The van der Waals surface area contributed by atoms with Crippen LogP contribution >= 0.6 is 0 Å². The Hall–Kier alpha value is -4.34. The van der Waals surface area contributed by atoms with Crippen LogP contribution in [0.25, 0.3) is 0 Å². The number of nitrogens with one attached hydrogen (secondary N) is 2. The number of fused-ring (bicyclic) bond motifs is 1. The van der Waals surface area contributed by atoms with E-state index in [1.165, 1.54) is 11.8 Å². The molecule has 2 atom stereocenters. The van der Waals surface area contributed by atoms with Gasteiger partial charge in [0.25, 0.3) is 5.91 Å². The number of amides is 3. The summed E-state index contributed by atoms with van der Waals surface area (Å²) in [7, 11) is 1.79. The lowest BCUT2D eigenvalue weighted by molar-refractivity contribution is -0.132. The Morgan fingerprint density at radius 1 is 1.02 bits per heavy atom. The molecule has 2 unspecified atom stereocenters. The molecule has 2 heterocycles. The molecule has 0 radical (unpaired) electrons. The van der Waals surface area contributed by atoms with Gasteiger partial charge >= 0.3 is 0 Å². The summed E-state index contributed by atoms with van der Waals surface area (Å²) in [6, 6.07) is 13.1. The van der Waals surface area contributed by atoms with Crippen LogP contribution in [-0.4, -0.2) is 46.3 Å². The number of aromatic nitrogens is 2. The van der Waals surface area contributed by atoms with Crippen molar-refractivity contribution in [2.24, 2.45) is 7.05 Å². The van der Waals surface area contributed by atoms with E-state index in [1.54, 1.807) is 54.3 Å². The van der Waals surface area contributed by atoms with Gasteiger partial charge in [-0.3, -0.25) is 24.0 Å². The molecular weight excluding hydrogens is 510 g/mol. The Labute approximate surface area is 233 Å². The van der Waals surface area contributed by atoms with Gasteiger partial charge in [-0.15, -0.1) is 0 Å². The second-order valence-corrected chi connectivity index (χ2v) is 10.4. The Morgan fingerprint density at radius 2 is 1.73 bits per heavy atom. The van der Waals surface area contributed by atoms with Gasteiger partial charge in [0.1, 0.15) is 12.6 Å². The maximum Gasteiger partial charge on any atom is 0.272 e. The third kappa shape index (κ3) is 5.95. The fraction of sp³-hybridized carbons (Fsp3) is 0.400. The summed E-state index contributed by atoms with van der Waals surface area (Å²) >= 11 is 0. The van der Waals surface area contributed by atoms with Crippen LogP contribution in [0.2, 0.25) is 0 Å². The molecule has 2 aliphatic rings. The van der Waals surface area contributed by atoms with Crippen molar-refractivity contribution in [3.8, 4) is 11.5 Å². The van der Waals surface area contributed by atoms with Crippen molar-refractivity contribution >= 4 is 29.1 Å². The lowest BCUT2D eigenvalue weighted by atomic mass is 9.94. The lowest BCUT2D eigenvalue weighted by Gasteiger charge is -2.36. The Bertz CT molecular complexity index is 1380. The summed E-state index contributed by atoms with van der Waals surface area (Å²) in [4.78, 5) is 41.5. The van der Waals surface area contributed by atoms with E-state index in [2.05, 4.69) is 15.7 Å². The van der Waals surface area contributed by atoms with Gasteiger partial charge in [-0.05, 0) is 56.2 Å². The number of rotatable bonds is 7. The summed E-state index contributed by atoms with van der Waals surface area (Å²) in [6.45, 7) is 3.26. The van der Waals surface area contributed by atoms with E-state index < -0.39 is 18.1 Å². The number of para-hydroxylation sites is 2. The molecule has 40 heavy (non-hydrogen) atoms. The van der Waals surface area contributed by atoms with Crippen molar-refractivity contribution in [3.63, 3.8) is 0 Å². The standard InChI is InChI=1S/C30H35N5O5/c1-19-24(17-34(3)33-19)28(29(37)32-21-9-5-4-6-10-21)35(23-15-13-22(14-16-23)31-20(2)36)30(38)27-18-39-25-11-7-8-12-26(25)40-27/h7-8,11-17,21,27-28H,4-6,9-10,18H2,1-3H3,(H,31,36)(H,32,37). The number of benzene rings is 2. The number of hydrogen-bond donors (Lipinski definition) is 2. The number of carbonyl (C=O) groups is 3. The van der Waals surface area contributed by atoms with Crippen LogP contribution in [0, 0.1) is 6.92 Å². The number of hydrogen-bond acceptors (Lipinski definition) is 6. The van der Waals surface area contributed by atoms with E-state index in [0.717, 1.165) is 32.1 Å². The highest BCUT2D eigenvalue weighted by Crippen LogP contribution is 2.35. The fourth-order valence-corrected chi connectivity index (χ4v) is 5.42. The minimum atomic E-state index is -1.00. The van der Waals surface area contributed by atoms with Crippen LogP contribution in [0.15, 0.2) is 54.7 Å². The summed E-state index contributed by atoms with van der Waals surface area (Å²) in [5.74, 6) is 0.123. The molecule has 210 valence electrons. The van der Waals surface area contributed by atoms with Gasteiger partial charge in [-0.2, -0.15) is 5.10 Å². The second kappa shape index (κ2) is 11.8. The van der Waals surface area contributed by atoms with Crippen LogP contribution in [0.1, 0.15) is 56.3 Å².